The standard InChI is InChI=1S/C17H21NO/c1-12(2)19-17-10-8-16(9-11-17)15-6-4-14(5-7-15)13(3)18/h4-13H,18H2,1-3H3. The maximum atomic E-state index is 5.85. The molecule has 2 nitrogen and oxygen atoms in total. The van der Waals surface area contributed by atoms with Gasteiger partial charge in [-0.3, -0.25) is 0 Å². The summed E-state index contributed by atoms with van der Waals surface area (Å²) in [6.07, 6.45) is 0.205. The average Bonchev–Trinajstić information content (AvgIpc) is 2.39. The highest BCUT2D eigenvalue weighted by Crippen LogP contribution is 2.24. The molecule has 2 heteroatoms. The summed E-state index contributed by atoms with van der Waals surface area (Å²) in [5.41, 5.74) is 9.39. The molecular formula is C17H21NO. The molecule has 0 aliphatic carbocycles. The lowest BCUT2D eigenvalue weighted by molar-refractivity contribution is 0.242. The Balaban J connectivity index is 2.17. The van der Waals surface area contributed by atoms with Crippen molar-refractivity contribution < 1.29 is 4.74 Å². The molecule has 19 heavy (non-hydrogen) atoms. The summed E-state index contributed by atoms with van der Waals surface area (Å²) in [5, 5.41) is 0. The Morgan fingerprint density at radius 1 is 0.789 bits per heavy atom. The molecule has 0 bridgehead atoms. The zero-order valence-electron chi connectivity index (χ0n) is 11.8. The zero-order chi connectivity index (χ0) is 13.8. The molecule has 0 fully saturated rings. The molecule has 0 amide bonds. The minimum Gasteiger partial charge on any atom is -0.491 e. The number of nitrogens with two attached hydrogens (primary N) is 1. The monoisotopic (exact) mass is 255 g/mol. The normalized spacial score (nSPS) is 12.5. The van der Waals surface area contributed by atoms with Crippen molar-refractivity contribution in [3.05, 3.63) is 54.1 Å². The van der Waals surface area contributed by atoms with Crippen molar-refractivity contribution in [2.24, 2.45) is 5.73 Å². The van der Waals surface area contributed by atoms with Gasteiger partial charge in [-0.2, -0.15) is 0 Å². The highest BCUT2D eigenvalue weighted by molar-refractivity contribution is 5.64. The van der Waals surface area contributed by atoms with E-state index in [0.717, 1.165) is 11.3 Å². The van der Waals surface area contributed by atoms with Gasteiger partial charge in [0, 0.05) is 6.04 Å². The molecule has 1 unspecified atom stereocenters. The van der Waals surface area contributed by atoms with Crippen molar-refractivity contribution in [2.75, 3.05) is 0 Å². The largest absolute Gasteiger partial charge is 0.491 e. The van der Waals surface area contributed by atoms with Crippen molar-refractivity contribution in [2.45, 2.75) is 32.9 Å². The maximum Gasteiger partial charge on any atom is 0.119 e. The van der Waals surface area contributed by atoms with Gasteiger partial charge in [-0.1, -0.05) is 36.4 Å². The molecular weight excluding hydrogens is 234 g/mol. The van der Waals surface area contributed by atoms with Gasteiger partial charge in [-0.15, -0.1) is 0 Å². The molecule has 2 aromatic carbocycles. The van der Waals surface area contributed by atoms with E-state index >= 15 is 0 Å². The molecule has 0 saturated carbocycles. The van der Waals surface area contributed by atoms with E-state index in [0.29, 0.717) is 0 Å². The van der Waals surface area contributed by atoms with Crippen LogP contribution in [0.15, 0.2) is 48.5 Å². The second kappa shape index (κ2) is 5.89. The first-order valence-electron chi connectivity index (χ1n) is 6.69. The third-order valence-electron chi connectivity index (χ3n) is 3.00. The van der Waals surface area contributed by atoms with Gasteiger partial charge in [0.15, 0.2) is 0 Å². The fraction of sp³-hybridized carbons (Fsp3) is 0.294. The van der Waals surface area contributed by atoms with E-state index in [2.05, 4.69) is 36.4 Å². The van der Waals surface area contributed by atoms with Crippen LogP contribution in [0.2, 0.25) is 0 Å². The van der Waals surface area contributed by atoms with Crippen molar-refractivity contribution in [1.29, 1.82) is 0 Å². The molecule has 0 heterocycles. The van der Waals surface area contributed by atoms with Gasteiger partial charge in [0.1, 0.15) is 5.75 Å². The van der Waals surface area contributed by atoms with Crippen LogP contribution in [0.1, 0.15) is 32.4 Å². The van der Waals surface area contributed by atoms with Crippen LogP contribution in [-0.4, -0.2) is 6.10 Å². The quantitative estimate of drug-likeness (QED) is 0.890. The Morgan fingerprint density at radius 2 is 1.26 bits per heavy atom. The Labute approximate surface area is 115 Å². The predicted molar refractivity (Wildman–Crippen MR) is 80.2 cm³/mol. The van der Waals surface area contributed by atoms with Crippen LogP contribution in [0, 0.1) is 0 Å². The molecule has 0 saturated heterocycles. The third kappa shape index (κ3) is 3.58. The van der Waals surface area contributed by atoms with E-state index in [4.69, 9.17) is 10.5 Å². The lowest BCUT2D eigenvalue weighted by Gasteiger charge is -2.11. The average molecular weight is 255 g/mol. The van der Waals surface area contributed by atoms with E-state index < -0.39 is 0 Å². The number of ether oxygens (including phenoxy) is 1. The maximum absolute atomic E-state index is 5.85. The predicted octanol–water partition coefficient (Wildman–Crippen LogP) is 4.16. The van der Waals surface area contributed by atoms with Crippen LogP contribution < -0.4 is 10.5 Å². The second-order valence-electron chi connectivity index (χ2n) is 5.10. The second-order valence-corrected chi connectivity index (χ2v) is 5.10. The van der Waals surface area contributed by atoms with E-state index in [9.17, 15) is 0 Å². The van der Waals surface area contributed by atoms with Crippen LogP contribution in [0.4, 0.5) is 0 Å². The van der Waals surface area contributed by atoms with E-state index in [1.807, 2.05) is 32.9 Å². The summed E-state index contributed by atoms with van der Waals surface area (Å²) in [5.74, 6) is 0.908. The molecule has 1 atom stereocenters. The molecule has 100 valence electrons. The first-order chi connectivity index (χ1) is 9.06. The Kier molecular flexibility index (Phi) is 4.23. The van der Waals surface area contributed by atoms with Crippen LogP contribution in [0.25, 0.3) is 11.1 Å². The SMILES string of the molecule is CC(C)Oc1ccc(-c2ccc(C(C)N)cc2)cc1. The van der Waals surface area contributed by atoms with Gasteiger partial charge in [0.05, 0.1) is 6.10 Å². The van der Waals surface area contributed by atoms with Crippen LogP contribution in [0.5, 0.6) is 5.75 Å². The molecule has 2 rings (SSSR count). The molecule has 0 aromatic heterocycles. The number of rotatable bonds is 4. The van der Waals surface area contributed by atoms with Gasteiger partial charge in [0.2, 0.25) is 0 Å². The number of benzene rings is 2. The molecule has 2 aromatic rings. The summed E-state index contributed by atoms with van der Waals surface area (Å²) in [6.45, 7) is 6.05. The minimum absolute atomic E-state index is 0.0795. The molecule has 0 radical (unpaired) electrons. The first-order valence-corrected chi connectivity index (χ1v) is 6.69. The highest BCUT2D eigenvalue weighted by atomic mass is 16.5. The molecule has 2 N–H and O–H groups in total. The van der Waals surface area contributed by atoms with Gasteiger partial charge >= 0.3 is 0 Å². The lowest BCUT2D eigenvalue weighted by atomic mass is 10.0. The molecule has 0 aliphatic rings. The highest BCUT2D eigenvalue weighted by Gasteiger charge is 2.02. The topological polar surface area (TPSA) is 35.2 Å². The van der Waals surface area contributed by atoms with Crippen molar-refractivity contribution in [3.63, 3.8) is 0 Å². The number of hydrogen-bond acceptors (Lipinski definition) is 2. The molecule has 0 spiro atoms. The third-order valence-corrected chi connectivity index (χ3v) is 3.00. The summed E-state index contributed by atoms with van der Waals surface area (Å²) < 4.78 is 5.64. The fourth-order valence-corrected chi connectivity index (χ4v) is 1.98. The summed E-state index contributed by atoms with van der Waals surface area (Å²) in [7, 11) is 0. The van der Waals surface area contributed by atoms with Crippen LogP contribution >= 0.6 is 0 Å². The number of hydrogen-bond donors (Lipinski definition) is 1. The van der Waals surface area contributed by atoms with E-state index in [1.165, 1.54) is 11.1 Å². The van der Waals surface area contributed by atoms with Gasteiger partial charge in [-0.05, 0) is 49.6 Å². The first kappa shape index (κ1) is 13.6. The van der Waals surface area contributed by atoms with Gasteiger partial charge in [0.25, 0.3) is 0 Å². The molecule has 0 aliphatic heterocycles. The lowest BCUT2D eigenvalue weighted by Crippen LogP contribution is -2.05. The smallest absolute Gasteiger partial charge is 0.119 e. The Bertz CT molecular complexity index is 512. The van der Waals surface area contributed by atoms with Crippen LogP contribution in [0.3, 0.4) is 0 Å². The van der Waals surface area contributed by atoms with E-state index in [-0.39, 0.29) is 12.1 Å². The van der Waals surface area contributed by atoms with Crippen molar-refractivity contribution in [3.8, 4) is 16.9 Å². The minimum atomic E-state index is 0.0795. The van der Waals surface area contributed by atoms with Crippen molar-refractivity contribution in [1.82, 2.24) is 0 Å². The van der Waals surface area contributed by atoms with E-state index in [1.54, 1.807) is 0 Å². The fourth-order valence-electron chi connectivity index (χ4n) is 1.98. The Hall–Kier alpha value is -1.80. The van der Waals surface area contributed by atoms with Gasteiger partial charge in [-0.25, -0.2) is 0 Å². The zero-order valence-corrected chi connectivity index (χ0v) is 11.8. The summed E-state index contributed by atoms with van der Waals surface area (Å²) >= 11 is 0. The Morgan fingerprint density at radius 3 is 1.68 bits per heavy atom. The summed E-state index contributed by atoms with van der Waals surface area (Å²) in [4.78, 5) is 0. The van der Waals surface area contributed by atoms with Crippen molar-refractivity contribution >= 4 is 0 Å². The van der Waals surface area contributed by atoms with Crippen LogP contribution in [-0.2, 0) is 0 Å². The summed E-state index contributed by atoms with van der Waals surface area (Å²) in [6, 6.07) is 16.6. The van der Waals surface area contributed by atoms with Gasteiger partial charge < -0.3 is 10.5 Å².